The number of oxime groups is 1. The van der Waals surface area contributed by atoms with Crippen molar-refractivity contribution in [1.29, 1.82) is 0 Å². The van der Waals surface area contributed by atoms with Crippen molar-refractivity contribution in [3.05, 3.63) is 26.9 Å². The first-order chi connectivity index (χ1) is 15.8. The molecule has 4 rings (SSSR count). The molecule has 12 nitrogen and oxygen atoms in total. The number of anilines is 1. The van der Waals surface area contributed by atoms with Crippen LogP contribution in [0.3, 0.4) is 0 Å². The van der Waals surface area contributed by atoms with Crippen LogP contribution in [0.4, 0.5) is 4.69 Å². The molecule has 0 aromatic carbocycles. The van der Waals surface area contributed by atoms with Crippen LogP contribution in [0, 0.1) is 6.92 Å². The minimum atomic E-state index is -1.19. The average Bonchev–Trinajstić information content (AvgIpc) is 3.40. The van der Waals surface area contributed by atoms with Gasteiger partial charge in [0.15, 0.2) is 4.34 Å². The molecule has 2 atom stereocenters. The molecule has 0 unspecified atom stereocenters. The maximum atomic E-state index is 12.9. The Labute approximate surface area is 205 Å². The van der Waals surface area contributed by atoms with Crippen LogP contribution in [0.25, 0.3) is 0 Å². The number of nitrogens with zero attached hydrogens (tertiary/aromatic N) is 5. The van der Waals surface area contributed by atoms with Crippen molar-refractivity contribution in [3.8, 4) is 0 Å². The molecule has 0 radical (unpaired) electrons. The first-order valence-corrected chi connectivity index (χ1v) is 14.0. The van der Waals surface area contributed by atoms with Crippen LogP contribution in [0.5, 0.6) is 0 Å². The number of rotatable bonds is 8. The third kappa shape index (κ3) is 4.79. The van der Waals surface area contributed by atoms with Gasteiger partial charge in [0.1, 0.15) is 5.01 Å². The molecule has 2 aliphatic rings. The minimum absolute atomic E-state index is 0.0488. The number of thioether (sulfide) groups is 2. The van der Waals surface area contributed by atoms with Crippen LogP contribution >= 0.6 is 34.9 Å². The summed E-state index contributed by atoms with van der Waals surface area (Å²) in [6.45, 7) is 1.84. The molecule has 4 N–H and O–H groups in total. The van der Waals surface area contributed by atoms with E-state index in [1.165, 1.54) is 46.9 Å². The van der Waals surface area contributed by atoms with E-state index in [4.69, 9.17) is 10.6 Å². The topological polar surface area (TPSA) is 173 Å². The number of fused-ring (bicyclic) bond motifs is 1. The van der Waals surface area contributed by atoms with E-state index in [9.17, 15) is 19.5 Å². The SMILES string of the molecule is CON=C(C(=O)N[C@@H]1C(=O)N2C(C(=O)O)=C(CSc3nnc(C)s3)CS[C@H]12)c1c[se]c(N)n1. The number of hydrogen-bond acceptors (Lipinski definition) is 12. The zero-order chi connectivity index (χ0) is 23.7. The van der Waals surface area contributed by atoms with Crippen LogP contribution in [-0.4, -0.2) is 93.2 Å². The molecular formula is C17H17N7O5S3Se. The number of β-lactam (4-membered cyclic amide) rings is 1. The van der Waals surface area contributed by atoms with Crippen molar-refractivity contribution in [2.45, 2.75) is 22.7 Å². The Kier molecular flexibility index (Phi) is 7.09. The van der Waals surface area contributed by atoms with Crippen molar-refractivity contribution in [2.24, 2.45) is 5.16 Å². The quantitative estimate of drug-likeness (QED) is 0.125. The standard InChI is InChI=1S/C17H17N7O5S3Se/c1-6-21-22-17(32-6)31-4-7-3-30-14-10(13(26)24(14)11(7)15(27)28)20-12(25)9(23-29-2)8-5-33-16(18)19-8/h5,10,14H,3-4H2,1-2H3,(H2,18,19)(H,20,25)(H,27,28)/t10-,14-/m1/s1. The summed E-state index contributed by atoms with van der Waals surface area (Å²) in [5, 5.41) is 24.4. The Hall–Kier alpha value is -2.39. The van der Waals surface area contributed by atoms with Crippen molar-refractivity contribution in [1.82, 2.24) is 25.4 Å². The molecule has 4 heterocycles. The third-order valence-electron chi connectivity index (χ3n) is 4.58. The summed E-state index contributed by atoms with van der Waals surface area (Å²) in [7, 11) is 1.29. The molecule has 33 heavy (non-hydrogen) atoms. The fraction of sp³-hybridized carbons (Fsp3) is 0.353. The van der Waals surface area contributed by atoms with Gasteiger partial charge in [0.05, 0.1) is 0 Å². The van der Waals surface area contributed by atoms with Gasteiger partial charge in [-0.1, -0.05) is 11.3 Å². The van der Waals surface area contributed by atoms with Crippen molar-refractivity contribution in [3.63, 3.8) is 0 Å². The van der Waals surface area contributed by atoms with Crippen molar-refractivity contribution in [2.75, 3.05) is 24.3 Å². The molecule has 2 amide bonds. The normalized spacial score (nSPS) is 20.4. The second-order valence-electron chi connectivity index (χ2n) is 6.69. The molecule has 16 heteroatoms. The molecule has 2 aliphatic heterocycles. The Bertz CT molecular complexity index is 1180. The summed E-state index contributed by atoms with van der Waals surface area (Å²) in [6, 6.07) is -0.896. The summed E-state index contributed by atoms with van der Waals surface area (Å²) in [4.78, 5) is 49.4. The molecule has 2 aromatic rings. The van der Waals surface area contributed by atoms with Crippen LogP contribution < -0.4 is 11.1 Å². The van der Waals surface area contributed by atoms with Gasteiger partial charge in [-0.3, -0.25) is 0 Å². The first kappa shape index (κ1) is 23.8. The number of carbonyl (C=O) groups excluding carboxylic acids is 2. The Morgan fingerprint density at radius 2 is 2.27 bits per heavy atom. The number of nitrogens with one attached hydrogen (secondary N) is 1. The molecule has 0 saturated carbocycles. The van der Waals surface area contributed by atoms with E-state index in [-0.39, 0.29) is 31.6 Å². The third-order valence-corrected chi connectivity index (χ3v) is 9.39. The molecule has 1 saturated heterocycles. The molecule has 0 aliphatic carbocycles. The number of amides is 2. The zero-order valence-electron chi connectivity index (χ0n) is 17.2. The Morgan fingerprint density at radius 1 is 1.48 bits per heavy atom. The molecule has 0 spiro atoms. The summed E-state index contributed by atoms with van der Waals surface area (Å²) >= 11 is 4.00. The average molecular weight is 575 g/mol. The molecular weight excluding hydrogens is 557 g/mol. The van der Waals surface area contributed by atoms with E-state index in [0.717, 1.165) is 9.35 Å². The van der Waals surface area contributed by atoms with Gasteiger partial charge >= 0.3 is 169 Å². The summed E-state index contributed by atoms with van der Waals surface area (Å²) in [5.41, 5.74) is 6.45. The van der Waals surface area contributed by atoms with E-state index in [2.05, 4.69) is 25.7 Å². The second-order valence-corrected chi connectivity index (χ2v) is 12.1. The predicted molar refractivity (Wildman–Crippen MR) is 124 cm³/mol. The number of carbonyl (C=O) groups is 3. The number of aliphatic carboxylic acids is 1. The van der Waals surface area contributed by atoms with Gasteiger partial charge in [0.2, 0.25) is 0 Å². The number of carboxylic acids is 1. The summed E-state index contributed by atoms with van der Waals surface area (Å²) < 4.78 is 1.13. The van der Waals surface area contributed by atoms with E-state index in [1.807, 2.05) is 6.92 Å². The number of nitrogens with two attached hydrogens (primary N) is 1. The van der Waals surface area contributed by atoms with Gasteiger partial charge in [-0.25, -0.2) is 0 Å². The van der Waals surface area contributed by atoms with E-state index < -0.39 is 29.2 Å². The number of aromatic nitrogens is 3. The van der Waals surface area contributed by atoms with E-state index in [1.54, 1.807) is 4.94 Å². The van der Waals surface area contributed by atoms with Crippen molar-refractivity contribution < 1.29 is 24.3 Å². The summed E-state index contributed by atoms with van der Waals surface area (Å²) in [5.74, 6) is -1.56. The van der Waals surface area contributed by atoms with Gasteiger partial charge in [0.25, 0.3) is 0 Å². The first-order valence-electron chi connectivity index (χ1n) is 9.26. The zero-order valence-corrected chi connectivity index (χ0v) is 21.3. The monoisotopic (exact) mass is 575 g/mol. The van der Waals surface area contributed by atoms with Crippen LogP contribution in [0.1, 0.15) is 10.7 Å². The van der Waals surface area contributed by atoms with E-state index in [0.29, 0.717) is 21.8 Å². The maximum absolute atomic E-state index is 12.9. The fourth-order valence-electron chi connectivity index (χ4n) is 3.18. The van der Waals surface area contributed by atoms with Crippen molar-refractivity contribution >= 4 is 77.6 Å². The molecule has 174 valence electrons. The van der Waals surface area contributed by atoms with Crippen LogP contribution in [-0.2, 0) is 19.2 Å². The molecule has 0 bridgehead atoms. The van der Waals surface area contributed by atoms with Gasteiger partial charge in [0, 0.05) is 0 Å². The van der Waals surface area contributed by atoms with E-state index >= 15 is 0 Å². The Balaban J connectivity index is 1.49. The number of hydrogen-bond donors (Lipinski definition) is 3. The van der Waals surface area contributed by atoms with Gasteiger partial charge in [-0.2, -0.15) is 0 Å². The van der Waals surface area contributed by atoms with Gasteiger partial charge in [-0.15, -0.1) is 10.2 Å². The second kappa shape index (κ2) is 9.85. The van der Waals surface area contributed by atoms with Crippen LogP contribution in [0.15, 0.2) is 25.7 Å². The number of nitrogen functional groups attached to an aromatic ring is 1. The number of carboxylic acid groups (broad SMARTS) is 1. The van der Waals surface area contributed by atoms with Crippen LogP contribution in [0.2, 0.25) is 0 Å². The van der Waals surface area contributed by atoms with Gasteiger partial charge < -0.3 is 0 Å². The summed E-state index contributed by atoms with van der Waals surface area (Å²) in [6.07, 6.45) is 0. The molecule has 2 aromatic heterocycles. The Morgan fingerprint density at radius 3 is 2.88 bits per heavy atom. The van der Waals surface area contributed by atoms with Gasteiger partial charge in [-0.05, 0) is 6.92 Å². The predicted octanol–water partition coefficient (Wildman–Crippen LogP) is -0.238. The fourth-order valence-corrected chi connectivity index (χ4v) is 7.63. The molecule has 1 fully saturated rings. The number of aryl methyl sites for hydroxylation is 1.